The first-order valence-corrected chi connectivity index (χ1v) is 7.40. The Hall–Kier alpha value is -0.970. The molecule has 2 aliphatic rings. The molecule has 2 saturated heterocycles. The highest BCUT2D eigenvalue weighted by Gasteiger charge is 2.28. The molecule has 3 rings (SSSR count). The summed E-state index contributed by atoms with van der Waals surface area (Å²) in [6, 6.07) is 5.08. The van der Waals surface area contributed by atoms with Crippen molar-refractivity contribution in [1.29, 1.82) is 0 Å². The predicted octanol–water partition coefficient (Wildman–Crippen LogP) is 0.870. The lowest BCUT2D eigenvalue weighted by atomic mass is 10.2. The van der Waals surface area contributed by atoms with Crippen LogP contribution in [-0.2, 0) is 6.54 Å². The molecule has 4 nitrogen and oxygen atoms in total. The van der Waals surface area contributed by atoms with Gasteiger partial charge in [0.2, 0.25) is 0 Å². The summed E-state index contributed by atoms with van der Waals surface area (Å²) >= 11 is 0. The molecule has 0 amide bonds. The van der Waals surface area contributed by atoms with Crippen LogP contribution in [0.15, 0.2) is 18.3 Å². The Labute approximate surface area is 115 Å². The van der Waals surface area contributed by atoms with E-state index in [4.69, 9.17) is 0 Å². The minimum atomic E-state index is 0.764. The van der Waals surface area contributed by atoms with Crippen LogP contribution in [0.2, 0.25) is 0 Å². The molecule has 1 unspecified atom stereocenters. The van der Waals surface area contributed by atoms with Gasteiger partial charge in [-0.1, -0.05) is 6.07 Å². The van der Waals surface area contributed by atoms with E-state index in [2.05, 4.69) is 32.2 Å². The van der Waals surface area contributed by atoms with Crippen molar-refractivity contribution in [2.24, 2.45) is 0 Å². The largest absolute Gasteiger partial charge is 0.314 e. The lowest BCUT2D eigenvalue weighted by Crippen LogP contribution is -2.49. The second-order valence-corrected chi connectivity index (χ2v) is 5.77. The zero-order chi connectivity index (χ0) is 13.1. The summed E-state index contributed by atoms with van der Waals surface area (Å²) in [5, 5.41) is 3.43. The van der Waals surface area contributed by atoms with Crippen molar-refractivity contribution in [2.45, 2.75) is 25.9 Å². The van der Waals surface area contributed by atoms with Gasteiger partial charge in [0.05, 0.1) is 0 Å². The maximum Gasteiger partial charge on any atom is 0.0372 e. The SMILES string of the molecule is Cc1ccc(CN2CCC(N3CCNCC3)C2)cn1. The summed E-state index contributed by atoms with van der Waals surface area (Å²) in [6.07, 6.45) is 3.34. The maximum absolute atomic E-state index is 4.38. The number of aryl methyl sites for hydroxylation is 1. The molecular formula is C15H24N4. The summed E-state index contributed by atoms with van der Waals surface area (Å²) in [5.41, 5.74) is 2.44. The van der Waals surface area contributed by atoms with Gasteiger partial charge in [0.15, 0.2) is 0 Å². The number of nitrogens with one attached hydrogen (secondary N) is 1. The lowest BCUT2D eigenvalue weighted by molar-refractivity contribution is 0.170. The number of piperazine rings is 1. The standard InChI is InChI=1S/C15H24N4/c1-13-2-3-14(10-17-13)11-18-7-4-15(12-18)19-8-5-16-6-9-19/h2-3,10,15-16H,4-9,11-12H2,1H3. The Morgan fingerprint density at radius 2 is 2.11 bits per heavy atom. The molecule has 104 valence electrons. The van der Waals surface area contributed by atoms with E-state index in [-0.39, 0.29) is 0 Å². The molecular weight excluding hydrogens is 236 g/mol. The minimum absolute atomic E-state index is 0.764. The summed E-state index contributed by atoms with van der Waals surface area (Å²) < 4.78 is 0. The van der Waals surface area contributed by atoms with E-state index in [1.54, 1.807) is 0 Å². The average Bonchev–Trinajstić information content (AvgIpc) is 2.91. The third kappa shape index (κ3) is 3.32. The smallest absolute Gasteiger partial charge is 0.0372 e. The van der Waals surface area contributed by atoms with Crippen molar-refractivity contribution in [2.75, 3.05) is 39.3 Å². The number of hydrogen-bond acceptors (Lipinski definition) is 4. The Morgan fingerprint density at radius 1 is 1.26 bits per heavy atom. The van der Waals surface area contributed by atoms with E-state index in [0.29, 0.717) is 0 Å². The molecule has 19 heavy (non-hydrogen) atoms. The van der Waals surface area contributed by atoms with E-state index in [9.17, 15) is 0 Å². The zero-order valence-electron chi connectivity index (χ0n) is 11.8. The molecule has 4 heteroatoms. The van der Waals surface area contributed by atoms with Gasteiger partial charge in [0.1, 0.15) is 0 Å². The number of nitrogens with zero attached hydrogens (tertiary/aromatic N) is 3. The predicted molar refractivity (Wildman–Crippen MR) is 77.1 cm³/mol. The normalized spacial score (nSPS) is 25.8. The molecule has 1 aromatic heterocycles. The van der Waals surface area contributed by atoms with Crippen LogP contribution in [0.3, 0.4) is 0 Å². The molecule has 1 atom stereocenters. The molecule has 0 aliphatic carbocycles. The van der Waals surface area contributed by atoms with Crippen molar-refractivity contribution >= 4 is 0 Å². The van der Waals surface area contributed by atoms with Crippen molar-refractivity contribution in [3.8, 4) is 0 Å². The van der Waals surface area contributed by atoms with Crippen molar-refractivity contribution in [3.05, 3.63) is 29.6 Å². The molecule has 2 fully saturated rings. The molecule has 0 bridgehead atoms. The van der Waals surface area contributed by atoms with E-state index >= 15 is 0 Å². The fourth-order valence-corrected chi connectivity index (χ4v) is 3.15. The summed E-state index contributed by atoms with van der Waals surface area (Å²) in [6.45, 7) is 10.3. The number of rotatable bonds is 3. The number of hydrogen-bond donors (Lipinski definition) is 1. The molecule has 0 aromatic carbocycles. The number of aromatic nitrogens is 1. The highest BCUT2D eigenvalue weighted by molar-refractivity contribution is 5.13. The first-order valence-electron chi connectivity index (χ1n) is 7.40. The van der Waals surface area contributed by atoms with Gasteiger partial charge in [0, 0.05) is 63.7 Å². The highest BCUT2D eigenvalue weighted by atomic mass is 15.3. The molecule has 1 N–H and O–H groups in total. The first-order chi connectivity index (χ1) is 9.31. The molecule has 2 aliphatic heterocycles. The van der Waals surface area contributed by atoms with Crippen LogP contribution in [0.4, 0.5) is 0 Å². The van der Waals surface area contributed by atoms with Crippen molar-refractivity contribution < 1.29 is 0 Å². The third-order valence-corrected chi connectivity index (χ3v) is 4.29. The van der Waals surface area contributed by atoms with Gasteiger partial charge in [0.25, 0.3) is 0 Å². The van der Waals surface area contributed by atoms with Gasteiger partial charge in [-0.25, -0.2) is 0 Å². The third-order valence-electron chi connectivity index (χ3n) is 4.29. The highest BCUT2D eigenvalue weighted by Crippen LogP contribution is 2.18. The van der Waals surface area contributed by atoms with Crippen LogP contribution < -0.4 is 5.32 Å². The molecule has 1 aromatic rings. The minimum Gasteiger partial charge on any atom is -0.314 e. The van der Waals surface area contributed by atoms with E-state index in [1.165, 1.54) is 38.2 Å². The monoisotopic (exact) mass is 260 g/mol. The zero-order valence-corrected chi connectivity index (χ0v) is 11.8. The van der Waals surface area contributed by atoms with Crippen LogP contribution in [0.1, 0.15) is 17.7 Å². The van der Waals surface area contributed by atoms with Crippen molar-refractivity contribution in [3.63, 3.8) is 0 Å². The van der Waals surface area contributed by atoms with Gasteiger partial charge < -0.3 is 5.32 Å². The summed E-state index contributed by atoms with van der Waals surface area (Å²) in [4.78, 5) is 9.61. The fourth-order valence-electron chi connectivity index (χ4n) is 3.15. The van der Waals surface area contributed by atoms with Gasteiger partial charge >= 0.3 is 0 Å². The van der Waals surface area contributed by atoms with Crippen LogP contribution in [0.5, 0.6) is 0 Å². The topological polar surface area (TPSA) is 31.4 Å². The lowest BCUT2D eigenvalue weighted by Gasteiger charge is -2.32. The van der Waals surface area contributed by atoms with Crippen molar-refractivity contribution in [1.82, 2.24) is 20.1 Å². The number of pyridine rings is 1. The summed E-state index contributed by atoms with van der Waals surface area (Å²) in [5.74, 6) is 0. The van der Waals surface area contributed by atoms with Crippen LogP contribution in [0, 0.1) is 6.92 Å². The van der Waals surface area contributed by atoms with Gasteiger partial charge in [-0.2, -0.15) is 0 Å². The van der Waals surface area contributed by atoms with E-state index < -0.39 is 0 Å². The van der Waals surface area contributed by atoms with Gasteiger partial charge in [-0.15, -0.1) is 0 Å². The van der Waals surface area contributed by atoms with Crippen LogP contribution in [-0.4, -0.2) is 60.1 Å². The summed E-state index contributed by atoms with van der Waals surface area (Å²) in [7, 11) is 0. The van der Waals surface area contributed by atoms with Gasteiger partial charge in [-0.3, -0.25) is 14.8 Å². The Morgan fingerprint density at radius 3 is 2.84 bits per heavy atom. The quantitative estimate of drug-likeness (QED) is 0.874. The van der Waals surface area contributed by atoms with E-state index in [1.807, 2.05) is 13.1 Å². The Bertz CT molecular complexity index is 397. The fraction of sp³-hybridized carbons (Fsp3) is 0.667. The maximum atomic E-state index is 4.38. The first kappa shape index (κ1) is 13.0. The molecule has 0 saturated carbocycles. The average molecular weight is 260 g/mol. The van der Waals surface area contributed by atoms with Crippen LogP contribution in [0.25, 0.3) is 0 Å². The molecule has 0 radical (unpaired) electrons. The Balaban J connectivity index is 1.52. The Kier molecular flexibility index (Phi) is 4.11. The molecule has 3 heterocycles. The van der Waals surface area contributed by atoms with Gasteiger partial charge in [-0.05, 0) is 25.0 Å². The number of likely N-dealkylation sites (tertiary alicyclic amines) is 1. The molecule has 0 spiro atoms. The second-order valence-electron chi connectivity index (χ2n) is 5.77. The van der Waals surface area contributed by atoms with Crippen LogP contribution >= 0.6 is 0 Å². The second kappa shape index (κ2) is 5.99. The van der Waals surface area contributed by atoms with E-state index in [0.717, 1.165) is 31.4 Å².